The Kier molecular flexibility index (Phi) is 6.53. The van der Waals surface area contributed by atoms with E-state index in [-0.39, 0.29) is 17.0 Å². The van der Waals surface area contributed by atoms with E-state index in [9.17, 15) is 9.59 Å². The molecule has 0 unspecified atom stereocenters. The van der Waals surface area contributed by atoms with E-state index in [2.05, 4.69) is 15.6 Å². The Hall–Kier alpha value is -3.62. The molecule has 4 aromatic rings. The van der Waals surface area contributed by atoms with Crippen molar-refractivity contribution in [2.45, 2.75) is 6.92 Å². The van der Waals surface area contributed by atoms with Gasteiger partial charge < -0.3 is 10.1 Å². The summed E-state index contributed by atoms with van der Waals surface area (Å²) in [4.78, 5) is 28.9. The lowest BCUT2D eigenvalue weighted by molar-refractivity contribution is 0.0526. The Morgan fingerprint density at radius 1 is 0.969 bits per heavy atom. The van der Waals surface area contributed by atoms with E-state index in [1.807, 2.05) is 42.5 Å². The van der Waals surface area contributed by atoms with Crippen molar-refractivity contribution in [1.82, 2.24) is 10.3 Å². The summed E-state index contributed by atoms with van der Waals surface area (Å²) in [6, 6.07) is 22.4. The summed E-state index contributed by atoms with van der Waals surface area (Å²) in [5.74, 6) is -0.689. The predicted octanol–water partition coefficient (Wildman–Crippen LogP) is 5.27. The van der Waals surface area contributed by atoms with Crippen LogP contribution in [0.1, 0.15) is 27.6 Å². The lowest BCUT2D eigenvalue weighted by atomic mass is 10.0. The molecular formula is C24H19N3O3S2. The summed E-state index contributed by atoms with van der Waals surface area (Å²) in [7, 11) is 0. The van der Waals surface area contributed by atoms with Gasteiger partial charge in [0.1, 0.15) is 0 Å². The number of thiocarbonyl (C=S) groups is 1. The Bertz CT molecular complexity index is 1290. The number of fused-ring (bicyclic) bond motifs is 1. The number of benzene rings is 3. The highest BCUT2D eigenvalue weighted by Crippen LogP contribution is 2.27. The quantitative estimate of drug-likeness (QED) is 0.311. The zero-order chi connectivity index (χ0) is 22.5. The summed E-state index contributed by atoms with van der Waals surface area (Å²) in [6.07, 6.45) is 0. The van der Waals surface area contributed by atoms with Crippen LogP contribution in [-0.4, -0.2) is 28.6 Å². The molecule has 4 rings (SSSR count). The molecule has 8 heteroatoms. The number of carbonyl (C=O) groups excluding carboxylic acids is 2. The maximum atomic E-state index is 12.5. The lowest BCUT2D eigenvalue weighted by Crippen LogP contribution is -2.34. The SMILES string of the molecule is CCOC(=O)c1ccc2nc(NC(=S)NC(=O)c3ccc(-c4ccccc4)cc3)sc2c1. The first kappa shape index (κ1) is 21.6. The van der Waals surface area contributed by atoms with Crippen LogP contribution in [0.2, 0.25) is 0 Å². The summed E-state index contributed by atoms with van der Waals surface area (Å²) in [5.41, 5.74) is 3.79. The molecule has 0 bridgehead atoms. The first-order valence-corrected chi connectivity index (χ1v) is 11.1. The monoisotopic (exact) mass is 461 g/mol. The molecule has 6 nitrogen and oxygen atoms in total. The molecule has 160 valence electrons. The average Bonchev–Trinajstić information content (AvgIpc) is 3.21. The van der Waals surface area contributed by atoms with Crippen LogP contribution in [0.5, 0.6) is 0 Å². The summed E-state index contributed by atoms with van der Waals surface area (Å²) < 4.78 is 5.84. The molecular weight excluding hydrogens is 442 g/mol. The number of hydrogen-bond acceptors (Lipinski definition) is 6. The van der Waals surface area contributed by atoms with Crippen molar-refractivity contribution in [1.29, 1.82) is 0 Å². The van der Waals surface area contributed by atoms with Gasteiger partial charge >= 0.3 is 5.97 Å². The van der Waals surface area contributed by atoms with Gasteiger partial charge in [-0.15, -0.1) is 0 Å². The summed E-state index contributed by atoms with van der Waals surface area (Å²) in [5, 5.41) is 6.27. The first-order chi connectivity index (χ1) is 15.5. The van der Waals surface area contributed by atoms with Crippen LogP contribution in [0.15, 0.2) is 72.8 Å². The van der Waals surface area contributed by atoms with Crippen LogP contribution < -0.4 is 10.6 Å². The fraction of sp³-hybridized carbons (Fsp3) is 0.0833. The number of amides is 1. The van der Waals surface area contributed by atoms with Crippen LogP contribution in [-0.2, 0) is 4.74 Å². The highest BCUT2D eigenvalue weighted by molar-refractivity contribution is 7.80. The van der Waals surface area contributed by atoms with Crippen molar-refractivity contribution in [3.63, 3.8) is 0 Å². The van der Waals surface area contributed by atoms with Crippen molar-refractivity contribution in [2.24, 2.45) is 0 Å². The number of esters is 1. The largest absolute Gasteiger partial charge is 0.462 e. The van der Waals surface area contributed by atoms with E-state index in [0.717, 1.165) is 21.3 Å². The van der Waals surface area contributed by atoms with E-state index >= 15 is 0 Å². The standard InChI is InChI=1S/C24H19N3O3S2/c1-2-30-22(29)18-12-13-19-20(14-18)32-24(25-19)27-23(31)26-21(28)17-10-8-16(9-11-17)15-6-4-3-5-7-15/h3-14H,2H2,1H3,(H2,25,26,27,28,31). The Balaban J connectivity index is 1.40. The molecule has 0 aliphatic heterocycles. The lowest BCUT2D eigenvalue weighted by Gasteiger charge is -2.08. The van der Waals surface area contributed by atoms with Crippen LogP contribution in [0.25, 0.3) is 21.3 Å². The molecule has 0 atom stereocenters. The Morgan fingerprint density at radius 2 is 1.66 bits per heavy atom. The third-order valence-electron chi connectivity index (χ3n) is 4.60. The van der Waals surface area contributed by atoms with Crippen LogP contribution in [0, 0.1) is 0 Å². The van der Waals surface area contributed by atoms with Gasteiger partial charge in [0.05, 0.1) is 22.4 Å². The molecule has 0 radical (unpaired) electrons. The molecule has 1 heterocycles. The van der Waals surface area contributed by atoms with Gasteiger partial charge in [0, 0.05) is 5.56 Å². The first-order valence-electron chi connectivity index (χ1n) is 9.89. The third kappa shape index (κ3) is 4.99. The maximum Gasteiger partial charge on any atom is 0.338 e. The number of aromatic nitrogens is 1. The zero-order valence-electron chi connectivity index (χ0n) is 17.1. The van der Waals surface area contributed by atoms with Gasteiger partial charge in [0.15, 0.2) is 10.2 Å². The number of carbonyl (C=O) groups is 2. The van der Waals surface area contributed by atoms with Gasteiger partial charge in [-0.1, -0.05) is 53.8 Å². The number of hydrogen-bond donors (Lipinski definition) is 2. The van der Waals surface area contributed by atoms with Crippen molar-refractivity contribution in [3.8, 4) is 11.1 Å². The molecule has 0 fully saturated rings. The van der Waals surface area contributed by atoms with Gasteiger partial charge in [-0.25, -0.2) is 9.78 Å². The minimum Gasteiger partial charge on any atom is -0.462 e. The molecule has 0 spiro atoms. The molecule has 1 aromatic heterocycles. The normalized spacial score (nSPS) is 10.5. The van der Waals surface area contributed by atoms with Crippen molar-refractivity contribution in [2.75, 3.05) is 11.9 Å². The molecule has 0 aliphatic rings. The fourth-order valence-electron chi connectivity index (χ4n) is 3.07. The molecule has 32 heavy (non-hydrogen) atoms. The van der Waals surface area contributed by atoms with Gasteiger partial charge in [-0.05, 0) is 60.6 Å². The Labute approximate surface area is 194 Å². The van der Waals surface area contributed by atoms with E-state index in [0.29, 0.717) is 22.9 Å². The number of ether oxygens (including phenoxy) is 1. The molecule has 2 N–H and O–H groups in total. The molecule has 0 aliphatic carbocycles. The van der Waals surface area contributed by atoms with Crippen molar-refractivity contribution < 1.29 is 14.3 Å². The van der Waals surface area contributed by atoms with Gasteiger partial charge in [0.2, 0.25) is 0 Å². The van der Waals surface area contributed by atoms with Crippen LogP contribution >= 0.6 is 23.6 Å². The minimum atomic E-state index is -0.377. The molecule has 0 saturated heterocycles. The molecule has 0 saturated carbocycles. The number of nitrogens with one attached hydrogen (secondary N) is 2. The third-order valence-corrected chi connectivity index (χ3v) is 5.74. The van der Waals surface area contributed by atoms with Gasteiger partial charge in [-0.3, -0.25) is 10.1 Å². The summed E-state index contributed by atoms with van der Waals surface area (Å²) in [6.45, 7) is 2.08. The summed E-state index contributed by atoms with van der Waals surface area (Å²) >= 11 is 6.60. The van der Waals surface area contributed by atoms with E-state index in [1.165, 1.54) is 11.3 Å². The molecule has 3 aromatic carbocycles. The topological polar surface area (TPSA) is 80.3 Å². The number of rotatable bonds is 5. The molecule has 1 amide bonds. The van der Waals surface area contributed by atoms with E-state index in [1.54, 1.807) is 37.3 Å². The average molecular weight is 462 g/mol. The highest BCUT2D eigenvalue weighted by atomic mass is 32.1. The zero-order valence-corrected chi connectivity index (χ0v) is 18.8. The van der Waals surface area contributed by atoms with Gasteiger partial charge in [0.25, 0.3) is 5.91 Å². The second-order valence-electron chi connectivity index (χ2n) is 6.77. The Morgan fingerprint density at radius 3 is 2.38 bits per heavy atom. The van der Waals surface area contributed by atoms with Crippen molar-refractivity contribution in [3.05, 3.63) is 83.9 Å². The second-order valence-corrected chi connectivity index (χ2v) is 8.21. The number of thiazole rings is 1. The van der Waals surface area contributed by atoms with E-state index in [4.69, 9.17) is 17.0 Å². The highest BCUT2D eigenvalue weighted by Gasteiger charge is 2.13. The number of nitrogens with zero attached hydrogens (tertiary/aromatic N) is 1. The van der Waals surface area contributed by atoms with Crippen LogP contribution in [0.4, 0.5) is 5.13 Å². The minimum absolute atomic E-state index is 0.145. The predicted molar refractivity (Wildman–Crippen MR) is 131 cm³/mol. The van der Waals surface area contributed by atoms with Gasteiger partial charge in [-0.2, -0.15) is 0 Å². The smallest absolute Gasteiger partial charge is 0.338 e. The maximum absolute atomic E-state index is 12.5. The fourth-order valence-corrected chi connectivity index (χ4v) is 4.23. The van der Waals surface area contributed by atoms with Crippen molar-refractivity contribution >= 4 is 55.9 Å². The second kappa shape index (κ2) is 9.67. The van der Waals surface area contributed by atoms with Crippen LogP contribution in [0.3, 0.4) is 0 Å². The number of anilines is 1. The van der Waals surface area contributed by atoms with E-state index < -0.39 is 0 Å².